The Balaban J connectivity index is 1.39. The fraction of sp³-hybridized carbons (Fsp3) is 0.238. The average Bonchev–Trinajstić information content (AvgIpc) is 3.11. The lowest BCUT2D eigenvalue weighted by Crippen LogP contribution is -2.42. The zero-order chi connectivity index (χ0) is 19.7. The molecular formula is C21H20N2O5. The number of amides is 2. The number of benzene rings is 2. The lowest BCUT2D eigenvalue weighted by Gasteiger charge is -2.18. The van der Waals surface area contributed by atoms with Crippen LogP contribution in [-0.4, -0.2) is 25.0 Å². The van der Waals surface area contributed by atoms with Gasteiger partial charge >= 0.3 is 0 Å². The van der Waals surface area contributed by atoms with Crippen molar-refractivity contribution in [2.24, 2.45) is 0 Å². The van der Waals surface area contributed by atoms with Gasteiger partial charge in [-0.1, -0.05) is 12.1 Å². The molecule has 1 aliphatic rings. The van der Waals surface area contributed by atoms with E-state index in [4.69, 9.17) is 13.9 Å². The highest BCUT2D eigenvalue weighted by molar-refractivity contribution is 5.96. The van der Waals surface area contributed by atoms with Crippen molar-refractivity contribution in [3.8, 4) is 11.5 Å². The number of carbonyl (C=O) groups is 2. The Bertz CT molecular complexity index is 1070. The van der Waals surface area contributed by atoms with Gasteiger partial charge in [-0.15, -0.1) is 0 Å². The number of hydrazine groups is 1. The first-order valence-electron chi connectivity index (χ1n) is 8.98. The van der Waals surface area contributed by atoms with E-state index in [2.05, 4.69) is 10.9 Å². The van der Waals surface area contributed by atoms with E-state index in [-0.39, 0.29) is 12.3 Å². The van der Waals surface area contributed by atoms with Gasteiger partial charge in [-0.2, -0.15) is 0 Å². The molecule has 0 fully saturated rings. The molecule has 0 atom stereocenters. The number of nitrogens with one attached hydrogen (secondary N) is 2. The minimum Gasteiger partial charge on any atom is -0.486 e. The summed E-state index contributed by atoms with van der Waals surface area (Å²) in [6.07, 6.45) is 1.68. The van der Waals surface area contributed by atoms with Gasteiger partial charge in [0.1, 0.15) is 18.8 Å². The molecule has 0 radical (unpaired) electrons. The molecule has 1 aliphatic heterocycles. The average molecular weight is 380 g/mol. The quantitative estimate of drug-likeness (QED) is 0.682. The zero-order valence-electron chi connectivity index (χ0n) is 15.6. The van der Waals surface area contributed by atoms with Crippen LogP contribution in [0, 0.1) is 13.8 Å². The third-order valence-electron chi connectivity index (χ3n) is 4.81. The zero-order valence-corrected chi connectivity index (χ0v) is 15.6. The number of hydrogen-bond donors (Lipinski definition) is 2. The predicted molar refractivity (Wildman–Crippen MR) is 102 cm³/mol. The molecule has 4 rings (SSSR count). The van der Waals surface area contributed by atoms with E-state index in [0.29, 0.717) is 30.3 Å². The second-order valence-electron chi connectivity index (χ2n) is 6.68. The SMILES string of the molecule is Cc1ccc2c(CC(=O)NNC(=O)c3ccc4c(c3)OCCO4)coc2c1C. The normalized spacial score (nSPS) is 12.6. The fourth-order valence-corrected chi connectivity index (χ4v) is 3.13. The molecule has 28 heavy (non-hydrogen) atoms. The third-order valence-corrected chi connectivity index (χ3v) is 4.81. The molecule has 2 aromatic carbocycles. The summed E-state index contributed by atoms with van der Waals surface area (Å²) in [4.78, 5) is 24.6. The van der Waals surface area contributed by atoms with Crippen molar-refractivity contribution < 1.29 is 23.5 Å². The van der Waals surface area contributed by atoms with Gasteiger partial charge in [-0.05, 0) is 43.2 Å². The summed E-state index contributed by atoms with van der Waals surface area (Å²) < 4.78 is 16.5. The van der Waals surface area contributed by atoms with E-state index in [1.165, 1.54) is 0 Å². The van der Waals surface area contributed by atoms with Crippen LogP contribution in [0.2, 0.25) is 0 Å². The summed E-state index contributed by atoms with van der Waals surface area (Å²) in [5, 5.41) is 0.899. The van der Waals surface area contributed by atoms with Gasteiger partial charge < -0.3 is 13.9 Å². The number of carbonyl (C=O) groups excluding carboxylic acids is 2. The Labute approximate surface area is 161 Å². The molecule has 144 valence electrons. The molecule has 0 saturated heterocycles. The Morgan fingerprint density at radius 1 is 1.00 bits per heavy atom. The van der Waals surface area contributed by atoms with Gasteiger partial charge in [0.15, 0.2) is 11.5 Å². The van der Waals surface area contributed by atoms with Crippen LogP contribution in [0.5, 0.6) is 11.5 Å². The maximum Gasteiger partial charge on any atom is 0.269 e. The van der Waals surface area contributed by atoms with E-state index in [9.17, 15) is 9.59 Å². The summed E-state index contributed by atoms with van der Waals surface area (Å²) in [5.74, 6) is 0.339. The second kappa shape index (κ2) is 7.26. The fourth-order valence-electron chi connectivity index (χ4n) is 3.13. The topological polar surface area (TPSA) is 89.8 Å². The van der Waals surface area contributed by atoms with Crippen molar-refractivity contribution in [3.05, 3.63) is 58.8 Å². The molecule has 0 unspecified atom stereocenters. The Morgan fingerprint density at radius 3 is 2.61 bits per heavy atom. The lowest BCUT2D eigenvalue weighted by molar-refractivity contribution is -0.121. The highest BCUT2D eigenvalue weighted by Gasteiger charge is 2.16. The maximum atomic E-state index is 12.3. The van der Waals surface area contributed by atoms with Gasteiger partial charge in [-0.25, -0.2) is 0 Å². The summed E-state index contributed by atoms with van der Waals surface area (Å²) in [7, 11) is 0. The molecule has 0 aliphatic carbocycles. The monoisotopic (exact) mass is 380 g/mol. The van der Waals surface area contributed by atoms with Gasteiger partial charge in [0.25, 0.3) is 5.91 Å². The van der Waals surface area contributed by atoms with Crippen molar-refractivity contribution in [1.29, 1.82) is 0 Å². The van der Waals surface area contributed by atoms with E-state index in [1.807, 2.05) is 26.0 Å². The standard InChI is InChI=1S/C21H20N2O5/c1-12-3-5-16-15(11-28-20(16)13(12)2)10-19(24)22-23-21(25)14-4-6-17-18(9-14)27-8-7-26-17/h3-6,9,11H,7-8,10H2,1-2H3,(H,22,24)(H,23,25). The highest BCUT2D eigenvalue weighted by Crippen LogP contribution is 2.30. The van der Waals surface area contributed by atoms with Crippen molar-refractivity contribution >= 4 is 22.8 Å². The highest BCUT2D eigenvalue weighted by atomic mass is 16.6. The minimum absolute atomic E-state index is 0.0942. The van der Waals surface area contributed by atoms with E-state index >= 15 is 0 Å². The van der Waals surface area contributed by atoms with Crippen LogP contribution in [0.15, 0.2) is 41.0 Å². The van der Waals surface area contributed by atoms with E-state index in [1.54, 1.807) is 24.5 Å². The van der Waals surface area contributed by atoms with Crippen LogP contribution in [0.1, 0.15) is 27.0 Å². The number of aryl methyl sites for hydroxylation is 2. The molecule has 2 amide bonds. The molecule has 2 heterocycles. The number of furan rings is 1. The number of fused-ring (bicyclic) bond motifs is 2. The largest absolute Gasteiger partial charge is 0.486 e. The molecule has 0 spiro atoms. The number of ether oxygens (including phenoxy) is 2. The molecule has 3 aromatic rings. The van der Waals surface area contributed by atoms with E-state index in [0.717, 1.165) is 27.7 Å². The van der Waals surface area contributed by atoms with Gasteiger partial charge in [0, 0.05) is 16.5 Å². The molecular weight excluding hydrogens is 360 g/mol. The molecule has 0 saturated carbocycles. The van der Waals surface area contributed by atoms with Crippen LogP contribution >= 0.6 is 0 Å². The first-order chi connectivity index (χ1) is 13.5. The van der Waals surface area contributed by atoms with Crippen LogP contribution in [-0.2, 0) is 11.2 Å². The smallest absolute Gasteiger partial charge is 0.269 e. The maximum absolute atomic E-state index is 12.3. The Kier molecular flexibility index (Phi) is 4.65. The van der Waals surface area contributed by atoms with E-state index < -0.39 is 5.91 Å². The Hall–Kier alpha value is -3.48. The summed E-state index contributed by atoms with van der Waals surface area (Å²) in [6.45, 7) is 4.92. The lowest BCUT2D eigenvalue weighted by atomic mass is 10.0. The molecule has 1 aromatic heterocycles. The van der Waals surface area contributed by atoms with Gasteiger partial charge in [-0.3, -0.25) is 20.4 Å². The first kappa shape index (κ1) is 17.9. The van der Waals surface area contributed by atoms with Crippen molar-refractivity contribution in [2.45, 2.75) is 20.3 Å². The van der Waals surface area contributed by atoms with Gasteiger partial charge in [0.05, 0.1) is 12.7 Å². The van der Waals surface area contributed by atoms with Crippen molar-refractivity contribution in [3.63, 3.8) is 0 Å². The molecule has 7 nitrogen and oxygen atoms in total. The van der Waals surface area contributed by atoms with Crippen LogP contribution in [0.3, 0.4) is 0 Å². The first-order valence-corrected chi connectivity index (χ1v) is 8.98. The number of hydrogen-bond acceptors (Lipinski definition) is 5. The van der Waals surface area contributed by atoms with Crippen molar-refractivity contribution in [1.82, 2.24) is 10.9 Å². The summed E-state index contributed by atoms with van der Waals surface area (Å²) in [6, 6.07) is 8.82. The van der Waals surface area contributed by atoms with Crippen LogP contribution in [0.4, 0.5) is 0 Å². The van der Waals surface area contributed by atoms with Gasteiger partial charge in [0.2, 0.25) is 5.91 Å². The molecule has 0 bridgehead atoms. The third kappa shape index (κ3) is 3.38. The number of rotatable bonds is 3. The predicted octanol–water partition coefficient (Wildman–Crippen LogP) is 2.82. The Morgan fingerprint density at radius 2 is 1.79 bits per heavy atom. The summed E-state index contributed by atoms with van der Waals surface area (Å²) in [5.41, 5.74) is 8.95. The minimum atomic E-state index is -0.436. The summed E-state index contributed by atoms with van der Waals surface area (Å²) >= 11 is 0. The molecule has 2 N–H and O–H groups in total. The van der Waals surface area contributed by atoms with Crippen LogP contribution in [0.25, 0.3) is 11.0 Å². The van der Waals surface area contributed by atoms with Crippen LogP contribution < -0.4 is 20.3 Å². The second-order valence-corrected chi connectivity index (χ2v) is 6.68. The van der Waals surface area contributed by atoms with Crippen molar-refractivity contribution in [2.75, 3.05) is 13.2 Å². The molecule has 7 heteroatoms.